The number of ether oxygens (including phenoxy) is 2. The number of nitrogens with zero attached hydrogens (tertiary/aromatic N) is 3. The number of carbonyl (C=O) groups excluding carboxylic acids is 2. The first kappa shape index (κ1) is 21.6. The average Bonchev–Trinajstić information content (AvgIpc) is 3.39. The lowest BCUT2D eigenvalue weighted by Crippen LogP contribution is -2.45. The fourth-order valence-electron chi connectivity index (χ4n) is 5.38. The Labute approximate surface area is 187 Å². The summed E-state index contributed by atoms with van der Waals surface area (Å²) < 4.78 is 10.9. The smallest absolute Gasteiger partial charge is 0.256 e. The minimum absolute atomic E-state index is 0.000795. The van der Waals surface area contributed by atoms with Gasteiger partial charge in [-0.3, -0.25) is 14.4 Å². The quantitative estimate of drug-likeness (QED) is 0.745. The number of piperidine rings is 1. The van der Waals surface area contributed by atoms with E-state index in [0.717, 1.165) is 50.0 Å². The van der Waals surface area contributed by atoms with Crippen LogP contribution in [-0.4, -0.2) is 77.1 Å². The Morgan fingerprint density at radius 3 is 2.44 bits per heavy atom. The first-order valence-corrected chi connectivity index (χ1v) is 12.0. The lowest BCUT2D eigenvalue weighted by atomic mass is 9.94. The lowest BCUT2D eigenvalue weighted by Gasteiger charge is -2.34. The molecule has 2 amide bonds. The second-order valence-electron chi connectivity index (χ2n) is 9.37. The standard InChI is InChI=1S/C23H32N4O5/c28-21-17-14-27(22(29)16-6-12-31-13-7-16)10-5-18(17)24-20(25-21)15-3-8-26(9-4-15)23(30)19-2-1-11-32-19/h15-16,19H,1-14H2,(H,24,25,28)/t19-/m0/s1. The summed E-state index contributed by atoms with van der Waals surface area (Å²) in [5, 5.41) is 0. The maximum Gasteiger partial charge on any atom is 0.256 e. The number of aromatic amines is 1. The monoisotopic (exact) mass is 444 g/mol. The molecule has 9 heteroatoms. The van der Waals surface area contributed by atoms with Gasteiger partial charge in [-0.2, -0.15) is 0 Å². The molecule has 0 saturated carbocycles. The van der Waals surface area contributed by atoms with Gasteiger partial charge >= 0.3 is 0 Å². The van der Waals surface area contributed by atoms with E-state index in [0.29, 0.717) is 58.0 Å². The van der Waals surface area contributed by atoms with Crippen LogP contribution in [0.1, 0.15) is 61.5 Å². The molecule has 0 radical (unpaired) electrons. The van der Waals surface area contributed by atoms with Gasteiger partial charge < -0.3 is 24.3 Å². The van der Waals surface area contributed by atoms with E-state index in [9.17, 15) is 14.4 Å². The molecule has 1 atom stereocenters. The normalized spacial score (nSPS) is 25.1. The van der Waals surface area contributed by atoms with E-state index in [2.05, 4.69) is 4.98 Å². The van der Waals surface area contributed by atoms with Gasteiger partial charge in [0.25, 0.3) is 11.5 Å². The molecule has 1 aromatic rings. The van der Waals surface area contributed by atoms with Crippen LogP contribution in [0.25, 0.3) is 0 Å². The molecule has 0 bridgehead atoms. The van der Waals surface area contributed by atoms with Crippen LogP contribution in [0.3, 0.4) is 0 Å². The average molecular weight is 445 g/mol. The highest BCUT2D eigenvalue weighted by Gasteiger charge is 2.33. The maximum absolute atomic E-state index is 12.9. The van der Waals surface area contributed by atoms with Gasteiger partial charge in [0, 0.05) is 57.7 Å². The molecule has 5 rings (SSSR count). The molecular weight excluding hydrogens is 412 g/mol. The molecule has 5 heterocycles. The zero-order valence-corrected chi connectivity index (χ0v) is 18.5. The second-order valence-corrected chi connectivity index (χ2v) is 9.37. The van der Waals surface area contributed by atoms with Gasteiger partial charge in [-0.15, -0.1) is 0 Å². The lowest BCUT2D eigenvalue weighted by molar-refractivity contribution is -0.142. The van der Waals surface area contributed by atoms with Crippen molar-refractivity contribution < 1.29 is 19.1 Å². The van der Waals surface area contributed by atoms with E-state index in [-0.39, 0.29) is 35.3 Å². The SMILES string of the molecule is O=C(C1CCOCC1)N1CCc2nc(C3CCN(C(=O)[C@@H]4CCCO4)CC3)[nH]c(=O)c2C1. The van der Waals surface area contributed by atoms with Gasteiger partial charge in [-0.05, 0) is 38.5 Å². The zero-order chi connectivity index (χ0) is 22.1. The van der Waals surface area contributed by atoms with Gasteiger partial charge in [-0.25, -0.2) is 4.98 Å². The Kier molecular flexibility index (Phi) is 6.28. The summed E-state index contributed by atoms with van der Waals surface area (Å²) in [6.07, 6.45) is 5.17. The van der Waals surface area contributed by atoms with E-state index in [1.807, 2.05) is 9.80 Å². The predicted molar refractivity (Wildman–Crippen MR) is 115 cm³/mol. The van der Waals surface area contributed by atoms with Gasteiger partial charge in [-0.1, -0.05) is 0 Å². The molecule has 0 spiro atoms. The van der Waals surface area contributed by atoms with Crippen LogP contribution in [-0.2, 0) is 32.0 Å². The number of likely N-dealkylation sites (tertiary alicyclic amines) is 1. The first-order chi connectivity index (χ1) is 15.6. The third kappa shape index (κ3) is 4.32. The third-order valence-corrected chi connectivity index (χ3v) is 7.37. The van der Waals surface area contributed by atoms with Crippen LogP contribution in [0.4, 0.5) is 0 Å². The summed E-state index contributed by atoms with van der Waals surface area (Å²) in [4.78, 5) is 49.8. The van der Waals surface area contributed by atoms with E-state index in [1.54, 1.807) is 0 Å². The fraction of sp³-hybridized carbons (Fsp3) is 0.739. The molecule has 3 fully saturated rings. The van der Waals surface area contributed by atoms with Crippen LogP contribution in [0, 0.1) is 5.92 Å². The Hall–Kier alpha value is -2.26. The minimum Gasteiger partial charge on any atom is -0.381 e. The molecule has 4 aliphatic rings. The number of fused-ring (bicyclic) bond motifs is 1. The molecule has 9 nitrogen and oxygen atoms in total. The van der Waals surface area contributed by atoms with Crippen molar-refractivity contribution in [3.8, 4) is 0 Å². The number of amides is 2. The van der Waals surface area contributed by atoms with Crippen molar-refractivity contribution in [2.24, 2.45) is 5.92 Å². The van der Waals surface area contributed by atoms with Crippen molar-refractivity contribution in [1.82, 2.24) is 19.8 Å². The Morgan fingerprint density at radius 2 is 1.72 bits per heavy atom. The number of carbonyl (C=O) groups is 2. The Morgan fingerprint density at radius 1 is 0.938 bits per heavy atom. The van der Waals surface area contributed by atoms with Crippen molar-refractivity contribution in [1.29, 1.82) is 0 Å². The molecule has 4 aliphatic heterocycles. The summed E-state index contributed by atoms with van der Waals surface area (Å²) in [7, 11) is 0. The zero-order valence-electron chi connectivity index (χ0n) is 18.5. The predicted octanol–water partition coefficient (Wildman–Crippen LogP) is 0.966. The van der Waals surface area contributed by atoms with Crippen molar-refractivity contribution in [3.05, 3.63) is 27.4 Å². The van der Waals surface area contributed by atoms with E-state index >= 15 is 0 Å². The van der Waals surface area contributed by atoms with Crippen LogP contribution in [0.2, 0.25) is 0 Å². The molecule has 0 aliphatic carbocycles. The maximum atomic E-state index is 12.9. The van der Waals surface area contributed by atoms with E-state index < -0.39 is 0 Å². The number of hydrogen-bond donors (Lipinski definition) is 1. The van der Waals surface area contributed by atoms with Crippen LogP contribution >= 0.6 is 0 Å². The number of nitrogens with one attached hydrogen (secondary N) is 1. The Balaban J connectivity index is 1.22. The number of rotatable bonds is 3. The molecule has 0 unspecified atom stereocenters. The topological polar surface area (TPSA) is 105 Å². The highest BCUT2D eigenvalue weighted by Crippen LogP contribution is 2.28. The minimum atomic E-state index is -0.278. The number of hydrogen-bond acceptors (Lipinski definition) is 6. The van der Waals surface area contributed by atoms with Gasteiger partial charge in [0.15, 0.2) is 0 Å². The van der Waals surface area contributed by atoms with E-state index in [1.165, 1.54) is 0 Å². The molecule has 1 aromatic heterocycles. The number of aromatic nitrogens is 2. The second kappa shape index (κ2) is 9.31. The third-order valence-electron chi connectivity index (χ3n) is 7.37. The first-order valence-electron chi connectivity index (χ1n) is 12.0. The van der Waals surface area contributed by atoms with Crippen molar-refractivity contribution in [3.63, 3.8) is 0 Å². The summed E-state index contributed by atoms with van der Waals surface area (Å²) in [5.74, 6) is 1.09. The van der Waals surface area contributed by atoms with Crippen LogP contribution in [0.15, 0.2) is 4.79 Å². The number of H-pyrrole nitrogens is 1. The highest BCUT2D eigenvalue weighted by molar-refractivity contribution is 5.81. The molecule has 32 heavy (non-hydrogen) atoms. The molecule has 174 valence electrons. The largest absolute Gasteiger partial charge is 0.381 e. The van der Waals surface area contributed by atoms with Gasteiger partial charge in [0.1, 0.15) is 11.9 Å². The van der Waals surface area contributed by atoms with Crippen LogP contribution in [0.5, 0.6) is 0 Å². The molecular formula is C23H32N4O5. The van der Waals surface area contributed by atoms with Crippen LogP contribution < -0.4 is 5.56 Å². The highest BCUT2D eigenvalue weighted by atomic mass is 16.5. The summed E-state index contributed by atoms with van der Waals surface area (Å²) in [5.41, 5.74) is 1.30. The summed E-state index contributed by atoms with van der Waals surface area (Å²) >= 11 is 0. The summed E-state index contributed by atoms with van der Waals surface area (Å²) in [6.45, 7) is 4.20. The molecule has 3 saturated heterocycles. The van der Waals surface area contributed by atoms with Crippen molar-refractivity contribution in [2.45, 2.75) is 63.5 Å². The Bertz CT molecular complexity index is 911. The summed E-state index contributed by atoms with van der Waals surface area (Å²) in [6, 6.07) is 0. The van der Waals surface area contributed by atoms with Gasteiger partial charge in [0.05, 0.1) is 17.8 Å². The molecule has 1 N–H and O–H groups in total. The fourth-order valence-corrected chi connectivity index (χ4v) is 5.38. The van der Waals surface area contributed by atoms with Crippen molar-refractivity contribution >= 4 is 11.8 Å². The van der Waals surface area contributed by atoms with Gasteiger partial charge in [0.2, 0.25) is 5.91 Å². The van der Waals surface area contributed by atoms with Crippen molar-refractivity contribution in [2.75, 3.05) is 39.5 Å². The molecule has 0 aromatic carbocycles. The van der Waals surface area contributed by atoms with E-state index in [4.69, 9.17) is 14.5 Å².